The van der Waals surface area contributed by atoms with E-state index in [2.05, 4.69) is 44.5 Å². The van der Waals surface area contributed by atoms with Crippen LogP contribution in [0.1, 0.15) is 5.56 Å². The summed E-state index contributed by atoms with van der Waals surface area (Å²) in [6.07, 6.45) is 4.97. The van der Waals surface area contributed by atoms with E-state index in [0.717, 1.165) is 27.9 Å². The van der Waals surface area contributed by atoms with E-state index in [4.69, 9.17) is 23.2 Å². The van der Waals surface area contributed by atoms with Crippen molar-refractivity contribution in [2.45, 2.75) is 0 Å². The molecule has 0 bridgehead atoms. The van der Waals surface area contributed by atoms with Crippen LogP contribution in [0.25, 0.3) is 28.5 Å². The fourth-order valence-corrected chi connectivity index (χ4v) is 2.77. The van der Waals surface area contributed by atoms with E-state index in [1.54, 1.807) is 19.7 Å². The highest BCUT2D eigenvalue weighted by Crippen LogP contribution is 2.27. The molecule has 0 atom stereocenters. The molecule has 0 aliphatic carbocycles. The number of aromatic nitrogens is 2. The number of nitrogens with zero attached hydrogens (tertiary/aromatic N) is 2. The number of aromatic amines is 1. The summed E-state index contributed by atoms with van der Waals surface area (Å²) in [5, 5.41) is 3.92. The molecule has 0 fully saturated rings. The monoisotopic (exact) mass is 370 g/mol. The fourth-order valence-electron chi connectivity index (χ4n) is 2.39. The van der Waals surface area contributed by atoms with Gasteiger partial charge in [0.1, 0.15) is 16.0 Å². The van der Waals surface area contributed by atoms with Gasteiger partial charge in [0, 0.05) is 12.6 Å². The summed E-state index contributed by atoms with van der Waals surface area (Å²) in [4.78, 5) is 10.9. The number of aliphatic imine (C=N–C) groups is 1. The molecule has 4 nitrogen and oxygen atoms in total. The summed E-state index contributed by atoms with van der Waals surface area (Å²) < 4.78 is 0. The fraction of sp³-hybridized carbons (Fsp3) is 0.0526. The van der Waals surface area contributed by atoms with Crippen molar-refractivity contribution in [2.24, 2.45) is 4.99 Å². The van der Waals surface area contributed by atoms with Gasteiger partial charge in [-0.1, -0.05) is 71.7 Å². The standard InChI is InChI=1S/C19H16Cl2N4/c1-22-11-23-17(20)10-13-2-4-14(5-3-13)15-6-8-16(9-7-15)18-19(21)25-12-24-18/h2-12H,1H3,(H,22,23)(H,24,25)/b17-10+. The highest BCUT2D eigenvalue weighted by atomic mass is 35.5. The molecule has 0 amide bonds. The average molecular weight is 371 g/mol. The van der Waals surface area contributed by atoms with Crippen molar-refractivity contribution in [1.29, 1.82) is 0 Å². The minimum atomic E-state index is 0.513. The first-order valence-corrected chi connectivity index (χ1v) is 8.37. The first-order valence-electron chi connectivity index (χ1n) is 7.61. The van der Waals surface area contributed by atoms with Crippen LogP contribution in [0.4, 0.5) is 0 Å². The summed E-state index contributed by atoms with van der Waals surface area (Å²) in [5.41, 5.74) is 4.98. The number of benzene rings is 2. The van der Waals surface area contributed by atoms with Gasteiger partial charge in [0.15, 0.2) is 0 Å². The summed E-state index contributed by atoms with van der Waals surface area (Å²) >= 11 is 12.1. The van der Waals surface area contributed by atoms with Gasteiger partial charge in [-0.25, -0.2) is 4.98 Å². The number of hydrogen-bond donors (Lipinski definition) is 2. The van der Waals surface area contributed by atoms with Crippen LogP contribution in [0, 0.1) is 0 Å². The van der Waals surface area contributed by atoms with Gasteiger partial charge < -0.3 is 10.3 Å². The van der Waals surface area contributed by atoms with E-state index in [0.29, 0.717) is 10.3 Å². The Balaban J connectivity index is 1.77. The van der Waals surface area contributed by atoms with Crippen LogP contribution in [-0.4, -0.2) is 23.4 Å². The maximum atomic E-state index is 6.07. The van der Waals surface area contributed by atoms with Gasteiger partial charge in [0.2, 0.25) is 0 Å². The Kier molecular flexibility index (Phi) is 5.53. The lowest BCUT2D eigenvalue weighted by Crippen LogP contribution is -2.05. The first kappa shape index (κ1) is 17.3. The molecule has 1 aromatic heterocycles. The van der Waals surface area contributed by atoms with Crippen LogP contribution in [0.2, 0.25) is 5.15 Å². The van der Waals surface area contributed by atoms with E-state index in [1.807, 2.05) is 30.3 Å². The molecule has 1 heterocycles. The van der Waals surface area contributed by atoms with Crippen molar-refractivity contribution in [3.05, 3.63) is 70.7 Å². The summed E-state index contributed by atoms with van der Waals surface area (Å²) in [6, 6.07) is 16.3. The molecule has 25 heavy (non-hydrogen) atoms. The molecular formula is C19H16Cl2N4. The number of H-pyrrole nitrogens is 1. The molecular weight excluding hydrogens is 355 g/mol. The van der Waals surface area contributed by atoms with Crippen LogP contribution in [0.5, 0.6) is 0 Å². The lowest BCUT2D eigenvalue weighted by molar-refractivity contribution is 1.26. The smallest absolute Gasteiger partial charge is 0.134 e. The lowest BCUT2D eigenvalue weighted by atomic mass is 10.0. The second-order valence-corrected chi connectivity index (χ2v) is 6.07. The van der Waals surface area contributed by atoms with Crippen LogP contribution in [0.3, 0.4) is 0 Å². The predicted octanol–water partition coefficient (Wildman–Crippen LogP) is 5.18. The molecule has 3 rings (SSSR count). The molecule has 0 unspecified atom stereocenters. The summed E-state index contributed by atoms with van der Waals surface area (Å²) in [6.45, 7) is 0. The van der Waals surface area contributed by atoms with Crippen molar-refractivity contribution in [1.82, 2.24) is 15.3 Å². The minimum Gasteiger partial charge on any atom is -0.337 e. The third-order valence-electron chi connectivity index (χ3n) is 3.62. The van der Waals surface area contributed by atoms with E-state index in [9.17, 15) is 0 Å². The number of nitrogens with one attached hydrogen (secondary N) is 2. The Labute approximate surface area is 156 Å². The molecule has 0 aliphatic heterocycles. The zero-order valence-electron chi connectivity index (χ0n) is 13.5. The van der Waals surface area contributed by atoms with Crippen LogP contribution in [-0.2, 0) is 0 Å². The Hall–Kier alpha value is -2.56. The van der Waals surface area contributed by atoms with Crippen molar-refractivity contribution in [3.63, 3.8) is 0 Å². The van der Waals surface area contributed by atoms with Gasteiger partial charge in [0.05, 0.1) is 12.7 Å². The molecule has 0 aliphatic rings. The van der Waals surface area contributed by atoms with Crippen molar-refractivity contribution in [2.75, 3.05) is 7.05 Å². The van der Waals surface area contributed by atoms with E-state index in [1.165, 1.54) is 0 Å². The second kappa shape index (κ2) is 8.01. The summed E-state index contributed by atoms with van der Waals surface area (Å²) in [7, 11) is 1.68. The molecule has 6 heteroatoms. The Morgan fingerprint density at radius 3 is 2.20 bits per heavy atom. The maximum Gasteiger partial charge on any atom is 0.134 e. The highest BCUT2D eigenvalue weighted by Gasteiger charge is 2.06. The molecule has 126 valence electrons. The largest absolute Gasteiger partial charge is 0.337 e. The molecule has 3 aromatic rings. The normalized spacial score (nSPS) is 11.9. The molecule has 2 N–H and O–H groups in total. The number of rotatable bonds is 5. The zero-order chi connectivity index (χ0) is 17.6. The van der Waals surface area contributed by atoms with Gasteiger partial charge in [-0.05, 0) is 22.8 Å². The van der Waals surface area contributed by atoms with Crippen LogP contribution >= 0.6 is 23.2 Å². The van der Waals surface area contributed by atoms with Gasteiger partial charge in [0.25, 0.3) is 0 Å². The van der Waals surface area contributed by atoms with E-state index in [-0.39, 0.29) is 0 Å². The third kappa shape index (κ3) is 4.29. The molecule has 0 spiro atoms. The van der Waals surface area contributed by atoms with Crippen LogP contribution < -0.4 is 5.32 Å². The quantitative estimate of drug-likeness (QED) is 0.369. The first-order chi connectivity index (χ1) is 12.2. The van der Waals surface area contributed by atoms with E-state index >= 15 is 0 Å². The van der Waals surface area contributed by atoms with E-state index < -0.39 is 0 Å². The Bertz CT molecular complexity index is 894. The van der Waals surface area contributed by atoms with Crippen molar-refractivity contribution in [3.8, 4) is 22.4 Å². The Morgan fingerprint density at radius 1 is 1.04 bits per heavy atom. The van der Waals surface area contributed by atoms with Gasteiger partial charge >= 0.3 is 0 Å². The average Bonchev–Trinajstić information content (AvgIpc) is 3.07. The molecule has 0 saturated heterocycles. The van der Waals surface area contributed by atoms with Crippen molar-refractivity contribution >= 4 is 35.6 Å². The summed E-state index contributed by atoms with van der Waals surface area (Å²) in [5.74, 6) is 0. The minimum absolute atomic E-state index is 0.513. The molecule has 0 radical (unpaired) electrons. The third-order valence-corrected chi connectivity index (χ3v) is 4.13. The predicted molar refractivity (Wildman–Crippen MR) is 106 cm³/mol. The number of halogens is 2. The number of hydrogen-bond acceptors (Lipinski definition) is 2. The van der Waals surface area contributed by atoms with Gasteiger partial charge in [-0.3, -0.25) is 4.99 Å². The topological polar surface area (TPSA) is 53.1 Å². The number of imidazole rings is 1. The SMILES string of the molecule is CN=CN/C(Cl)=C/c1ccc(-c2ccc(-c3nc[nH]c3Cl)cc2)cc1. The Morgan fingerprint density at radius 2 is 1.64 bits per heavy atom. The maximum absolute atomic E-state index is 6.07. The molecule has 2 aromatic carbocycles. The molecule has 0 saturated carbocycles. The van der Waals surface area contributed by atoms with Gasteiger partial charge in [-0.2, -0.15) is 0 Å². The van der Waals surface area contributed by atoms with Crippen LogP contribution in [0.15, 0.2) is 65.0 Å². The zero-order valence-corrected chi connectivity index (χ0v) is 15.0. The second-order valence-electron chi connectivity index (χ2n) is 5.29. The lowest BCUT2D eigenvalue weighted by Gasteiger charge is -2.05. The van der Waals surface area contributed by atoms with Crippen molar-refractivity contribution < 1.29 is 0 Å². The highest BCUT2D eigenvalue weighted by molar-refractivity contribution is 6.32. The van der Waals surface area contributed by atoms with Gasteiger partial charge in [-0.15, -0.1) is 0 Å².